The molecule has 0 radical (unpaired) electrons. The average Bonchev–Trinajstić information content (AvgIpc) is 2.98. The van der Waals surface area contributed by atoms with E-state index >= 15 is 0 Å². The van der Waals surface area contributed by atoms with Crippen molar-refractivity contribution in [3.05, 3.63) is 0 Å². The number of hydrogen-bond donors (Lipinski definition) is 2. The molecule has 1 aliphatic heterocycles. The third kappa shape index (κ3) is 3.95. The van der Waals surface area contributed by atoms with Crippen LogP contribution >= 0.6 is 0 Å². The maximum atomic E-state index is 12.4. The standard InChI is InChI=1S/C16H30N2O2/c1-12(2)18-10-6-5-9-14(18)16(20)17-11-15(19)13-7-3-4-8-13/h12-15,19H,3-11H2,1-2H3,(H,17,20)/t14-,15+/m1/s1. The number of aliphatic hydroxyl groups is 1. The minimum absolute atomic E-state index is 0.000437. The molecular formula is C16H30N2O2. The molecule has 2 N–H and O–H groups in total. The van der Waals surface area contributed by atoms with Crippen LogP contribution in [0.1, 0.15) is 58.8 Å². The lowest BCUT2D eigenvalue weighted by atomic mass is 9.98. The number of carbonyl (C=O) groups is 1. The van der Waals surface area contributed by atoms with Gasteiger partial charge in [-0.15, -0.1) is 0 Å². The van der Waals surface area contributed by atoms with Crippen molar-refractivity contribution >= 4 is 5.91 Å². The minimum atomic E-state index is -0.363. The topological polar surface area (TPSA) is 52.6 Å². The van der Waals surface area contributed by atoms with Gasteiger partial charge in [0.1, 0.15) is 0 Å². The zero-order valence-corrected chi connectivity index (χ0v) is 13.0. The van der Waals surface area contributed by atoms with Crippen LogP contribution in [0.4, 0.5) is 0 Å². The molecule has 116 valence electrons. The molecule has 0 aromatic rings. The Kier molecular flexibility index (Phi) is 5.85. The Labute approximate surface area is 122 Å². The van der Waals surface area contributed by atoms with Crippen molar-refractivity contribution in [3.8, 4) is 0 Å². The van der Waals surface area contributed by atoms with Crippen molar-refractivity contribution < 1.29 is 9.90 Å². The number of aliphatic hydroxyl groups excluding tert-OH is 1. The van der Waals surface area contributed by atoms with Crippen LogP contribution < -0.4 is 5.32 Å². The van der Waals surface area contributed by atoms with Gasteiger partial charge in [-0.3, -0.25) is 9.69 Å². The van der Waals surface area contributed by atoms with Crippen LogP contribution in [0.25, 0.3) is 0 Å². The average molecular weight is 282 g/mol. The van der Waals surface area contributed by atoms with Gasteiger partial charge < -0.3 is 10.4 Å². The fraction of sp³-hybridized carbons (Fsp3) is 0.938. The number of carbonyl (C=O) groups excluding carboxylic acids is 1. The Morgan fingerprint density at radius 2 is 1.85 bits per heavy atom. The van der Waals surface area contributed by atoms with Crippen molar-refractivity contribution in [3.63, 3.8) is 0 Å². The van der Waals surface area contributed by atoms with Gasteiger partial charge in [-0.05, 0) is 52.0 Å². The van der Waals surface area contributed by atoms with Crippen LogP contribution in [-0.2, 0) is 4.79 Å². The van der Waals surface area contributed by atoms with Gasteiger partial charge >= 0.3 is 0 Å². The van der Waals surface area contributed by atoms with Crippen LogP contribution in [-0.4, -0.2) is 47.2 Å². The highest BCUT2D eigenvalue weighted by molar-refractivity contribution is 5.81. The minimum Gasteiger partial charge on any atom is -0.391 e. The molecular weight excluding hydrogens is 252 g/mol. The van der Waals surface area contributed by atoms with Gasteiger partial charge in [0.15, 0.2) is 0 Å². The van der Waals surface area contributed by atoms with Crippen molar-refractivity contribution in [1.29, 1.82) is 0 Å². The molecule has 1 saturated carbocycles. The third-order valence-corrected chi connectivity index (χ3v) is 4.94. The van der Waals surface area contributed by atoms with Gasteiger partial charge in [-0.25, -0.2) is 0 Å². The normalized spacial score (nSPS) is 26.9. The summed E-state index contributed by atoms with van der Waals surface area (Å²) in [6.07, 6.45) is 7.57. The van der Waals surface area contributed by atoms with E-state index in [0.717, 1.165) is 32.2 Å². The fourth-order valence-corrected chi connectivity index (χ4v) is 3.69. The molecule has 2 aliphatic rings. The molecule has 4 nitrogen and oxygen atoms in total. The Hall–Kier alpha value is -0.610. The van der Waals surface area contributed by atoms with Crippen molar-refractivity contribution in [1.82, 2.24) is 10.2 Å². The summed E-state index contributed by atoms with van der Waals surface area (Å²) in [5, 5.41) is 13.1. The summed E-state index contributed by atoms with van der Waals surface area (Å²) in [6, 6.07) is 0.408. The van der Waals surface area contributed by atoms with Crippen LogP contribution in [0, 0.1) is 5.92 Å². The first-order valence-electron chi connectivity index (χ1n) is 8.31. The van der Waals surface area contributed by atoms with Gasteiger partial charge in [0, 0.05) is 12.6 Å². The second-order valence-corrected chi connectivity index (χ2v) is 6.70. The summed E-state index contributed by atoms with van der Waals surface area (Å²) in [5.74, 6) is 0.498. The summed E-state index contributed by atoms with van der Waals surface area (Å²) in [6.45, 7) is 5.74. The second kappa shape index (κ2) is 7.41. The monoisotopic (exact) mass is 282 g/mol. The summed E-state index contributed by atoms with van der Waals surface area (Å²) in [7, 11) is 0. The summed E-state index contributed by atoms with van der Waals surface area (Å²) in [5.41, 5.74) is 0. The number of rotatable bonds is 5. The molecule has 20 heavy (non-hydrogen) atoms. The second-order valence-electron chi connectivity index (χ2n) is 6.70. The van der Waals surface area contributed by atoms with Crippen molar-refractivity contribution in [2.45, 2.75) is 77.0 Å². The number of amides is 1. The quantitative estimate of drug-likeness (QED) is 0.810. The zero-order valence-electron chi connectivity index (χ0n) is 13.0. The molecule has 0 unspecified atom stereocenters. The van der Waals surface area contributed by atoms with Crippen LogP contribution in [0.15, 0.2) is 0 Å². The van der Waals surface area contributed by atoms with E-state index in [-0.39, 0.29) is 18.1 Å². The molecule has 1 amide bonds. The first-order chi connectivity index (χ1) is 9.59. The van der Waals surface area contributed by atoms with E-state index in [9.17, 15) is 9.90 Å². The van der Waals surface area contributed by atoms with Crippen molar-refractivity contribution in [2.24, 2.45) is 5.92 Å². The lowest BCUT2D eigenvalue weighted by Gasteiger charge is -2.37. The number of nitrogens with zero attached hydrogens (tertiary/aromatic N) is 1. The van der Waals surface area contributed by atoms with E-state index in [4.69, 9.17) is 0 Å². The van der Waals surface area contributed by atoms with Crippen LogP contribution in [0.3, 0.4) is 0 Å². The van der Waals surface area contributed by atoms with E-state index in [1.807, 2.05) is 0 Å². The summed E-state index contributed by atoms with van der Waals surface area (Å²) >= 11 is 0. The molecule has 0 bridgehead atoms. The Morgan fingerprint density at radius 3 is 2.50 bits per heavy atom. The molecule has 2 fully saturated rings. The smallest absolute Gasteiger partial charge is 0.237 e. The molecule has 0 spiro atoms. The van der Waals surface area contributed by atoms with Crippen LogP contribution in [0.5, 0.6) is 0 Å². The highest BCUT2D eigenvalue weighted by Gasteiger charge is 2.31. The van der Waals surface area contributed by atoms with Gasteiger partial charge in [-0.2, -0.15) is 0 Å². The lowest BCUT2D eigenvalue weighted by Crippen LogP contribution is -2.53. The van der Waals surface area contributed by atoms with Crippen molar-refractivity contribution in [2.75, 3.05) is 13.1 Å². The van der Waals surface area contributed by atoms with E-state index in [1.54, 1.807) is 0 Å². The fourth-order valence-electron chi connectivity index (χ4n) is 3.69. The third-order valence-electron chi connectivity index (χ3n) is 4.94. The van der Waals surface area contributed by atoms with E-state index in [0.29, 0.717) is 18.5 Å². The Morgan fingerprint density at radius 1 is 1.20 bits per heavy atom. The van der Waals surface area contributed by atoms with E-state index in [1.165, 1.54) is 19.3 Å². The van der Waals surface area contributed by atoms with Crippen LogP contribution in [0.2, 0.25) is 0 Å². The zero-order chi connectivity index (χ0) is 14.5. The molecule has 4 heteroatoms. The molecule has 0 aromatic carbocycles. The van der Waals surface area contributed by atoms with Gasteiger partial charge in [0.05, 0.1) is 12.1 Å². The Balaban J connectivity index is 1.80. The molecule has 1 heterocycles. The lowest BCUT2D eigenvalue weighted by molar-refractivity contribution is -0.129. The number of nitrogens with one attached hydrogen (secondary N) is 1. The maximum Gasteiger partial charge on any atom is 0.237 e. The van der Waals surface area contributed by atoms with E-state index < -0.39 is 0 Å². The number of hydrogen-bond acceptors (Lipinski definition) is 3. The van der Waals surface area contributed by atoms with Gasteiger partial charge in [-0.1, -0.05) is 19.3 Å². The first-order valence-corrected chi connectivity index (χ1v) is 8.31. The highest BCUT2D eigenvalue weighted by Crippen LogP contribution is 2.27. The molecule has 2 atom stereocenters. The molecule has 1 aliphatic carbocycles. The predicted molar refractivity (Wildman–Crippen MR) is 80.5 cm³/mol. The largest absolute Gasteiger partial charge is 0.391 e. The molecule has 0 aromatic heterocycles. The summed E-state index contributed by atoms with van der Waals surface area (Å²) in [4.78, 5) is 14.7. The predicted octanol–water partition coefficient (Wildman–Crippen LogP) is 1.92. The summed E-state index contributed by atoms with van der Waals surface area (Å²) < 4.78 is 0. The van der Waals surface area contributed by atoms with E-state index in [2.05, 4.69) is 24.1 Å². The number of likely N-dealkylation sites (tertiary alicyclic amines) is 1. The van der Waals surface area contributed by atoms with Gasteiger partial charge in [0.2, 0.25) is 5.91 Å². The first kappa shape index (κ1) is 15.8. The van der Waals surface area contributed by atoms with Gasteiger partial charge in [0.25, 0.3) is 0 Å². The SMILES string of the molecule is CC(C)N1CCCC[C@@H]1C(=O)NC[C@H](O)C1CCCC1. The Bertz CT molecular complexity index is 314. The molecule has 2 rings (SSSR count). The molecule has 1 saturated heterocycles. The maximum absolute atomic E-state index is 12.4. The number of piperidine rings is 1. The highest BCUT2D eigenvalue weighted by atomic mass is 16.3.